The third kappa shape index (κ3) is 4.06. The molecule has 3 rings (SSSR count). The van der Waals surface area contributed by atoms with Gasteiger partial charge in [-0.2, -0.15) is 0 Å². The molecule has 1 fully saturated rings. The average molecular weight is 333 g/mol. The number of carboxylic acids is 1. The molecule has 0 spiro atoms. The molecule has 1 amide bonds. The first kappa shape index (κ1) is 16.8. The quantitative estimate of drug-likeness (QED) is 0.822. The lowest BCUT2D eigenvalue weighted by Gasteiger charge is -2.27. The van der Waals surface area contributed by atoms with Crippen LogP contribution < -0.4 is 10.1 Å². The van der Waals surface area contributed by atoms with Gasteiger partial charge in [-0.1, -0.05) is 12.1 Å². The van der Waals surface area contributed by atoms with Gasteiger partial charge in [0.25, 0.3) is 0 Å². The maximum atomic E-state index is 12.2. The Bertz CT molecular complexity index is 609. The number of carbonyl (C=O) groups excluding carboxylic acids is 1. The molecule has 24 heavy (non-hydrogen) atoms. The maximum absolute atomic E-state index is 12.2. The average Bonchev–Trinajstić information content (AvgIpc) is 3.03. The van der Waals surface area contributed by atoms with Crippen LogP contribution in [-0.4, -0.2) is 43.3 Å². The van der Waals surface area contributed by atoms with Crippen LogP contribution in [0.3, 0.4) is 0 Å². The summed E-state index contributed by atoms with van der Waals surface area (Å²) in [7, 11) is 0. The van der Waals surface area contributed by atoms with Crippen molar-refractivity contribution in [3.05, 3.63) is 29.3 Å². The summed E-state index contributed by atoms with van der Waals surface area (Å²) in [6, 6.07) is 5.78. The Hall–Kier alpha value is -2.08. The van der Waals surface area contributed by atoms with Gasteiger partial charge in [-0.3, -0.25) is 9.59 Å². The highest BCUT2D eigenvalue weighted by Gasteiger charge is 2.30. The summed E-state index contributed by atoms with van der Waals surface area (Å²) >= 11 is 0. The molecule has 1 atom stereocenters. The van der Waals surface area contributed by atoms with Crippen LogP contribution in [-0.2, 0) is 27.2 Å². The molecule has 0 saturated carbocycles. The number of aliphatic carboxylic acids is 1. The Balaban J connectivity index is 1.53. The van der Waals surface area contributed by atoms with E-state index in [1.54, 1.807) is 0 Å². The van der Waals surface area contributed by atoms with Crippen molar-refractivity contribution in [1.29, 1.82) is 0 Å². The van der Waals surface area contributed by atoms with Crippen molar-refractivity contribution in [1.82, 2.24) is 5.32 Å². The summed E-state index contributed by atoms with van der Waals surface area (Å²) in [6.07, 6.45) is 2.60. The number of nitrogens with one attached hydrogen (secondary N) is 1. The Labute approximate surface area is 141 Å². The molecule has 1 unspecified atom stereocenters. The van der Waals surface area contributed by atoms with Crippen LogP contribution in [0.4, 0.5) is 0 Å². The Morgan fingerprint density at radius 1 is 1.25 bits per heavy atom. The van der Waals surface area contributed by atoms with Gasteiger partial charge in [0.1, 0.15) is 5.75 Å². The van der Waals surface area contributed by atoms with E-state index in [1.165, 1.54) is 0 Å². The predicted octanol–water partition coefficient (Wildman–Crippen LogP) is 1.41. The minimum atomic E-state index is -0.850. The van der Waals surface area contributed by atoms with E-state index in [2.05, 4.69) is 5.32 Å². The SMILES string of the molecule is O=C(Cc1ccc2c(c1)CCO2)NCC(C(=O)O)C1CCOCC1. The van der Waals surface area contributed by atoms with Crippen LogP contribution in [0.1, 0.15) is 24.0 Å². The highest BCUT2D eigenvalue weighted by Crippen LogP contribution is 2.26. The summed E-state index contributed by atoms with van der Waals surface area (Å²) < 4.78 is 10.7. The van der Waals surface area contributed by atoms with E-state index < -0.39 is 11.9 Å². The topological polar surface area (TPSA) is 84.9 Å². The summed E-state index contributed by atoms with van der Waals surface area (Å²) in [5, 5.41) is 12.2. The van der Waals surface area contributed by atoms with Gasteiger partial charge in [-0.05, 0) is 36.0 Å². The zero-order valence-electron chi connectivity index (χ0n) is 13.6. The highest BCUT2D eigenvalue weighted by atomic mass is 16.5. The third-order valence-electron chi connectivity index (χ3n) is 4.79. The molecule has 2 heterocycles. The smallest absolute Gasteiger partial charge is 0.308 e. The van der Waals surface area contributed by atoms with Crippen molar-refractivity contribution in [3.63, 3.8) is 0 Å². The standard InChI is InChI=1S/C18H23NO5/c20-17(10-12-1-2-16-14(9-12)5-8-24-16)19-11-15(18(21)22)13-3-6-23-7-4-13/h1-2,9,13,15H,3-8,10-11H2,(H,19,20)(H,21,22). The molecule has 6 heteroatoms. The van der Waals surface area contributed by atoms with E-state index in [-0.39, 0.29) is 24.8 Å². The number of benzene rings is 1. The molecule has 2 N–H and O–H groups in total. The second-order valence-electron chi connectivity index (χ2n) is 6.42. The second-order valence-corrected chi connectivity index (χ2v) is 6.42. The van der Waals surface area contributed by atoms with E-state index in [9.17, 15) is 14.7 Å². The third-order valence-corrected chi connectivity index (χ3v) is 4.79. The first-order valence-corrected chi connectivity index (χ1v) is 8.45. The van der Waals surface area contributed by atoms with E-state index in [4.69, 9.17) is 9.47 Å². The van der Waals surface area contributed by atoms with E-state index in [0.29, 0.717) is 19.8 Å². The molecule has 1 saturated heterocycles. The number of hydrogen-bond acceptors (Lipinski definition) is 4. The summed E-state index contributed by atoms with van der Waals surface area (Å²) in [5.74, 6) is -0.589. The van der Waals surface area contributed by atoms with Gasteiger partial charge in [-0.25, -0.2) is 0 Å². The Morgan fingerprint density at radius 3 is 2.79 bits per heavy atom. The van der Waals surface area contributed by atoms with Gasteiger partial charge in [-0.15, -0.1) is 0 Å². The van der Waals surface area contributed by atoms with Gasteiger partial charge < -0.3 is 19.9 Å². The van der Waals surface area contributed by atoms with Gasteiger partial charge in [0.15, 0.2) is 0 Å². The predicted molar refractivity (Wildman–Crippen MR) is 87.0 cm³/mol. The maximum Gasteiger partial charge on any atom is 0.308 e. The van der Waals surface area contributed by atoms with Crippen molar-refractivity contribution in [3.8, 4) is 5.75 Å². The number of amides is 1. The first-order chi connectivity index (χ1) is 11.6. The molecular formula is C18H23NO5. The lowest BCUT2D eigenvalue weighted by molar-refractivity contribution is -0.144. The molecule has 130 valence electrons. The summed E-state index contributed by atoms with van der Waals surface area (Å²) in [6.45, 7) is 2.06. The van der Waals surface area contributed by atoms with E-state index in [0.717, 1.165) is 36.1 Å². The minimum absolute atomic E-state index is 0.0636. The molecule has 2 aliphatic heterocycles. The molecule has 0 aliphatic carbocycles. The molecule has 1 aromatic rings. The zero-order valence-corrected chi connectivity index (χ0v) is 13.6. The number of carboxylic acid groups (broad SMARTS) is 1. The van der Waals surface area contributed by atoms with Crippen molar-refractivity contribution >= 4 is 11.9 Å². The van der Waals surface area contributed by atoms with Crippen LogP contribution in [0.25, 0.3) is 0 Å². The number of hydrogen-bond donors (Lipinski definition) is 2. The fourth-order valence-electron chi connectivity index (χ4n) is 3.40. The lowest BCUT2D eigenvalue weighted by Crippen LogP contribution is -2.39. The van der Waals surface area contributed by atoms with Crippen LogP contribution in [0, 0.1) is 11.8 Å². The molecule has 0 bridgehead atoms. The fourth-order valence-corrected chi connectivity index (χ4v) is 3.40. The normalized spacial score (nSPS) is 18.5. The fraction of sp³-hybridized carbons (Fsp3) is 0.556. The molecule has 6 nitrogen and oxygen atoms in total. The molecule has 0 aromatic heterocycles. The number of ether oxygens (including phenoxy) is 2. The number of rotatable bonds is 6. The molecular weight excluding hydrogens is 310 g/mol. The van der Waals surface area contributed by atoms with Crippen molar-refractivity contribution < 1.29 is 24.2 Å². The Kier molecular flexibility index (Phi) is 5.35. The van der Waals surface area contributed by atoms with E-state index >= 15 is 0 Å². The Morgan fingerprint density at radius 2 is 2.04 bits per heavy atom. The number of carbonyl (C=O) groups is 2. The minimum Gasteiger partial charge on any atom is -0.493 e. The first-order valence-electron chi connectivity index (χ1n) is 8.45. The summed E-state index contributed by atoms with van der Waals surface area (Å²) in [5.41, 5.74) is 2.06. The monoisotopic (exact) mass is 333 g/mol. The van der Waals surface area contributed by atoms with Crippen LogP contribution in [0.15, 0.2) is 18.2 Å². The number of fused-ring (bicyclic) bond motifs is 1. The zero-order chi connectivity index (χ0) is 16.9. The molecule has 2 aliphatic rings. The van der Waals surface area contributed by atoms with Crippen LogP contribution in [0.2, 0.25) is 0 Å². The van der Waals surface area contributed by atoms with Crippen molar-refractivity contribution in [2.45, 2.75) is 25.7 Å². The largest absolute Gasteiger partial charge is 0.493 e. The van der Waals surface area contributed by atoms with Crippen LogP contribution in [0.5, 0.6) is 5.75 Å². The summed E-state index contributed by atoms with van der Waals surface area (Å²) in [4.78, 5) is 23.7. The van der Waals surface area contributed by atoms with E-state index in [1.807, 2.05) is 18.2 Å². The van der Waals surface area contributed by atoms with Gasteiger partial charge in [0.2, 0.25) is 5.91 Å². The van der Waals surface area contributed by atoms with Crippen molar-refractivity contribution in [2.24, 2.45) is 11.8 Å². The highest BCUT2D eigenvalue weighted by molar-refractivity contribution is 5.79. The molecule has 1 aromatic carbocycles. The van der Waals surface area contributed by atoms with Crippen LogP contribution >= 0.6 is 0 Å². The van der Waals surface area contributed by atoms with Gasteiger partial charge >= 0.3 is 5.97 Å². The molecule has 0 radical (unpaired) electrons. The second kappa shape index (κ2) is 7.66. The van der Waals surface area contributed by atoms with Crippen molar-refractivity contribution in [2.75, 3.05) is 26.4 Å². The lowest BCUT2D eigenvalue weighted by atomic mass is 9.86. The van der Waals surface area contributed by atoms with Gasteiger partial charge in [0.05, 0.1) is 18.9 Å². The van der Waals surface area contributed by atoms with Gasteiger partial charge in [0, 0.05) is 26.2 Å².